The summed E-state index contributed by atoms with van der Waals surface area (Å²) in [7, 11) is 2.03. The van der Waals surface area contributed by atoms with Gasteiger partial charge in [0.25, 0.3) is 11.8 Å². The number of amides is 2. The van der Waals surface area contributed by atoms with Crippen molar-refractivity contribution in [1.29, 1.82) is 0 Å². The van der Waals surface area contributed by atoms with Crippen molar-refractivity contribution in [3.63, 3.8) is 0 Å². The van der Waals surface area contributed by atoms with Crippen LogP contribution in [-0.2, 0) is 13.1 Å². The van der Waals surface area contributed by atoms with E-state index < -0.39 is 11.3 Å². The number of hydrogen-bond donors (Lipinski definition) is 1. The lowest BCUT2D eigenvalue weighted by Gasteiger charge is -2.36. The van der Waals surface area contributed by atoms with Crippen LogP contribution in [0.5, 0.6) is 5.75 Å². The number of aromatic nitrogens is 1. The molecule has 2 aromatic rings. The van der Waals surface area contributed by atoms with Crippen molar-refractivity contribution in [2.45, 2.75) is 38.1 Å². The van der Waals surface area contributed by atoms with Gasteiger partial charge in [-0.2, -0.15) is 0 Å². The van der Waals surface area contributed by atoms with E-state index in [0.717, 1.165) is 24.9 Å². The largest absolute Gasteiger partial charge is 0.474 e. The van der Waals surface area contributed by atoms with Crippen molar-refractivity contribution in [2.24, 2.45) is 0 Å². The van der Waals surface area contributed by atoms with Gasteiger partial charge in [-0.15, -0.1) is 0 Å². The number of hydrogen-bond acceptors (Lipinski definition) is 5. The Bertz CT molecular complexity index is 1070. The van der Waals surface area contributed by atoms with Gasteiger partial charge in [0.15, 0.2) is 11.4 Å². The highest BCUT2D eigenvalue weighted by atomic mass is 31.0. The Balaban J connectivity index is 1.48. The summed E-state index contributed by atoms with van der Waals surface area (Å²) in [5.74, 6) is -0.794. The number of pyridine rings is 1. The smallest absolute Gasteiger partial charge is 0.275 e. The van der Waals surface area contributed by atoms with Crippen LogP contribution in [-0.4, -0.2) is 51.5 Å². The molecule has 3 aliphatic heterocycles. The van der Waals surface area contributed by atoms with Crippen molar-refractivity contribution in [2.75, 3.05) is 13.1 Å². The maximum absolute atomic E-state index is 13.2. The molecular formula is C21H23N4O4P. The van der Waals surface area contributed by atoms with Crippen LogP contribution >= 0.6 is 9.47 Å². The summed E-state index contributed by atoms with van der Waals surface area (Å²) in [5.41, 5.74) is 0.549. The van der Waals surface area contributed by atoms with Crippen LogP contribution < -0.4 is 15.3 Å². The zero-order chi connectivity index (χ0) is 20.8. The molecule has 30 heavy (non-hydrogen) atoms. The molecule has 3 aliphatic rings. The highest BCUT2D eigenvalue weighted by Gasteiger charge is 2.48. The first-order valence-corrected chi connectivity index (χ1v) is 10.6. The van der Waals surface area contributed by atoms with Crippen LogP contribution in [0.15, 0.2) is 41.3 Å². The predicted molar refractivity (Wildman–Crippen MR) is 113 cm³/mol. The van der Waals surface area contributed by atoms with Gasteiger partial charge in [0.2, 0.25) is 5.43 Å². The van der Waals surface area contributed by atoms with E-state index in [1.54, 1.807) is 4.57 Å². The van der Waals surface area contributed by atoms with Crippen LogP contribution in [0, 0.1) is 0 Å². The van der Waals surface area contributed by atoms with Crippen LogP contribution in [0.1, 0.15) is 39.3 Å². The van der Waals surface area contributed by atoms with Crippen molar-refractivity contribution in [1.82, 2.24) is 19.7 Å². The summed E-state index contributed by atoms with van der Waals surface area (Å²) in [5, 5.41) is 2.79. The normalized spacial score (nSPS) is 22.4. The Morgan fingerprint density at radius 3 is 2.77 bits per heavy atom. The number of rotatable bonds is 4. The molecule has 0 aliphatic carbocycles. The van der Waals surface area contributed by atoms with Crippen molar-refractivity contribution in [3.05, 3.63) is 63.6 Å². The van der Waals surface area contributed by atoms with Crippen molar-refractivity contribution >= 4 is 21.3 Å². The maximum atomic E-state index is 13.2. The molecular weight excluding hydrogens is 403 g/mol. The second-order valence-corrected chi connectivity index (χ2v) is 8.20. The predicted octanol–water partition coefficient (Wildman–Crippen LogP) is 1.21. The van der Waals surface area contributed by atoms with Gasteiger partial charge >= 0.3 is 0 Å². The maximum Gasteiger partial charge on any atom is 0.275 e. The van der Waals surface area contributed by atoms with Crippen molar-refractivity contribution in [3.8, 4) is 5.75 Å². The molecule has 1 N–H and O–H groups in total. The van der Waals surface area contributed by atoms with Gasteiger partial charge in [-0.05, 0) is 18.4 Å². The highest BCUT2D eigenvalue weighted by Crippen LogP contribution is 2.35. The van der Waals surface area contributed by atoms with Crippen LogP contribution in [0.3, 0.4) is 0 Å². The molecule has 156 valence electrons. The molecule has 0 radical (unpaired) electrons. The SMILES string of the molecule is O=C(NCc1ccccc1)c1cn2c(c(OP)c1=O)C(=O)N1CC3CCCN3[C@H]1C2. The summed E-state index contributed by atoms with van der Waals surface area (Å²) < 4.78 is 6.96. The molecule has 4 heterocycles. The van der Waals surface area contributed by atoms with E-state index in [0.29, 0.717) is 25.7 Å². The molecule has 2 unspecified atom stereocenters. The molecule has 1 aromatic carbocycles. The lowest BCUT2D eigenvalue weighted by Crippen LogP contribution is -2.50. The minimum absolute atomic E-state index is 0.0237. The number of nitrogens with zero attached hydrogens (tertiary/aromatic N) is 3. The van der Waals surface area contributed by atoms with Crippen LogP contribution in [0.25, 0.3) is 0 Å². The van der Waals surface area contributed by atoms with Gasteiger partial charge in [0, 0.05) is 31.9 Å². The second kappa shape index (κ2) is 7.52. The Kier molecular flexibility index (Phi) is 4.83. The molecule has 1 aromatic heterocycles. The van der Waals surface area contributed by atoms with E-state index in [1.807, 2.05) is 44.7 Å². The standard InChI is InChI=1S/C21H23N4O4P/c26-18-15(20(27)22-9-13-5-2-1-3-6-13)11-23-12-16-24-8-4-7-14(24)10-25(16)21(28)17(23)19(18)29-30/h1-3,5-6,11,14,16H,4,7-10,12,30H2,(H,22,27)/t14?,16-/m1/s1. The molecule has 0 bridgehead atoms. The lowest BCUT2D eigenvalue weighted by atomic mass is 10.1. The quantitative estimate of drug-likeness (QED) is 0.743. The Morgan fingerprint density at radius 1 is 1.20 bits per heavy atom. The van der Waals surface area contributed by atoms with Gasteiger partial charge in [0.05, 0.1) is 16.0 Å². The average Bonchev–Trinajstić information content (AvgIpc) is 3.35. The fourth-order valence-corrected chi connectivity index (χ4v) is 5.07. The molecule has 5 rings (SSSR count). The summed E-state index contributed by atoms with van der Waals surface area (Å²) in [6, 6.07) is 9.85. The van der Waals surface area contributed by atoms with E-state index in [-0.39, 0.29) is 29.1 Å². The molecule has 2 saturated heterocycles. The topological polar surface area (TPSA) is 83.9 Å². The van der Waals surface area contributed by atoms with Crippen LogP contribution in [0.4, 0.5) is 0 Å². The Hall–Kier alpha value is -2.70. The number of fused-ring (bicyclic) bond motifs is 4. The number of carbonyl (C=O) groups is 2. The average molecular weight is 426 g/mol. The van der Waals surface area contributed by atoms with E-state index in [4.69, 9.17) is 4.52 Å². The number of nitrogens with one attached hydrogen (secondary N) is 1. The van der Waals surface area contributed by atoms with Crippen LogP contribution in [0.2, 0.25) is 0 Å². The third kappa shape index (κ3) is 3.02. The minimum atomic E-state index is -0.576. The van der Waals surface area contributed by atoms with Gasteiger partial charge in [-0.1, -0.05) is 30.3 Å². The molecule has 2 amide bonds. The highest BCUT2D eigenvalue weighted by molar-refractivity contribution is 7.10. The zero-order valence-corrected chi connectivity index (χ0v) is 17.6. The lowest BCUT2D eigenvalue weighted by molar-refractivity contribution is 0.0516. The third-order valence-electron chi connectivity index (χ3n) is 6.29. The summed E-state index contributed by atoms with van der Waals surface area (Å²) in [6.07, 6.45) is 3.67. The van der Waals surface area contributed by atoms with E-state index in [9.17, 15) is 14.4 Å². The Morgan fingerprint density at radius 2 is 2.00 bits per heavy atom. The summed E-state index contributed by atoms with van der Waals surface area (Å²) in [4.78, 5) is 43.2. The third-order valence-corrected chi connectivity index (χ3v) is 6.53. The van der Waals surface area contributed by atoms with E-state index in [2.05, 4.69) is 10.2 Å². The summed E-state index contributed by atoms with van der Waals surface area (Å²) >= 11 is 0. The van der Waals surface area contributed by atoms with Gasteiger partial charge in [-0.3, -0.25) is 19.3 Å². The van der Waals surface area contributed by atoms with E-state index >= 15 is 0 Å². The zero-order valence-electron chi connectivity index (χ0n) is 16.4. The number of benzene rings is 1. The molecule has 0 spiro atoms. The number of carbonyl (C=O) groups excluding carboxylic acids is 2. The van der Waals surface area contributed by atoms with Gasteiger partial charge in [-0.25, -0.2) is 0 Å². The molecule has 8 nitrogen and oxygen atoms in total. The first-order valence-electron chi connectivity index (χ1n) is 10.1. The molecule has 0 saturated carbocycles. The first kappa shape index (κ1) is 19.3. The molecule has 3 atom stereocenters. The van der Waals surface area contributed by atoms with Gasteiger partial charge < -0.3 is 19.3 Å². The molecule has 9 heteroatoms. The monoisotopic (exact) mass is 426 g/mol. The fourth-order valence-electron chi connectivity index (χ4n) is 4.86. The van der Waals surface area contributed by atoms with Crippen molar-refractivity contribution < 1.29 is 14.1 Å². The fraction of sp³-hybridized carbons (Fsp3) is 0.381. The summed E-state index contributed by atoms with van der Waals surface area (Å²) in [6.45, 7) is 2.46. The Labute approximate surface area is 176 Å². The first-order chi connectivity index (χ1) is 14.6. The minimum Gasteiger partial charge on any atom is -0.474 e. The second-order valence-electron chi connectivity index (χ2n) is 7.96. The molecule has 2 fully saturated rings. The van der Waals surface area contributed by atoms with Gasteiger partial charge in [0.1, 0.15) is 11.7 Å². The van der Waals surface area contributed by atoms with E-state index in [1.165, 1.54) is 6.20 Å².